The molecule has 0 amide bonds. The van der Waals surface area contributed by atoms with Crippen molar-refractivity contribution in [2.45, 2.75) is 26.3 Å². The number of nitrogens with zero attached hydrogens (tertiary/aromatic N) is 3. The van der Waals surface area contributed by atoms with Gasteiger partial charge in [0.15, 0.2) is 11.6 Å². The first kappa shape index (κ1) is 17.3. The maximum absolute atomic E-state index is 13.7. The molecule has 1 aliphatic heterocycles. The van der Waals surface area contributed by atoms with Crippen LogP contribution in [0.2, 0.25) is 0 Å². The van der Waals surface area contributed by atoms with Crippen molar-refractivity contribution in [3.63, 3.8) is 0 Å². The van der Waals surface area contributed by atoms with Gasteiger partial charge < -0.3 is 0 Å². The lowest BCUT2D eigenvalue weighted by Crippen LogP contribution is -2.32. The zero-order valence-corrected chi connectivity index (χ0v) is 14.8. The van der Waals surface area contributed by atoms with Crippen molar-refractivity contribution in [3.05, 3.63) is 47.8 Å². The first-order valence-corrected chi connectivity index (χ1v) is 7.35. The Morgan fingerprint density at radius 1 is 1.14 bits per heavy atom. The fourth-order valence-corrected chi connectivity index (χ4v) is 2.73. The molecule has 0 radical (unpaired) electrons. The van der Waals surface area contributed by atoms with Crippen LogP contribution in [0, 0.1) is 17.6 Å². The van der Waals surface area contributed by atoms with Gasteiger partial charge in [0.1, 0.15) is 5.69 Å². The molecule has 2 aromatic rings. The van der Waals surface area contributed by atoms with Crippen molar-refractivity contribution in [2.75, 3.05) is 13.1 Å². The lowest BCUT2D eigenvalue weighted by atomic mass is 9.99. The molecule has 6 heteroatoms. The summed E-state index contributed by atoms with van der Waals surface area (Å²) in [5, 5.41) is 4.31. The lowest BCUT2D eigenvalue weighted by Gasteiger charge is -2.29. The quantitative estimate of drug-likeness (QED) is 0.702. The minimum atomic E-state index is -0.601. The maximum Gasteiger partial charge on any atom is 0.151 e. The summed E-state index contributed by atoms with van der Waals surface area (Å²) >= 11 is 0. The Kier molecular flexibility index (Phi) is 5.91. The number of hydrogen-bond donors (Lipinski definition) is 0. The van der Waals surface area contributed by atoms with E-state index in [0.29, 0.717) is 0 Å². The normalized spacial score (nSPS) is 16.5. The first-order valence-electron chi connectivity index (χ1n) is 7.35. The van der Waals surface area contributed by atoms with Crippen molar-refractivity contribution in [2.24, 2.45) is 5.92 Å². The summed E-state index contributed by atoms with van der Waals surface area (Å²) in [6, 6.07) is 5.66. The largest absolute Gasteiger partial charge is 0.297 e. The Morgan fingerprint density at radius 3 is 2.41 bits per heavy atom. The van der Waals surface area contributed by atoms with Crippen LogP contribution in [0.1, 0.15) is 25.5 Å². The highest BCUT2D eigenvalue weighted by molar-refractivity contribution is 14.0. The van der Waals surface area contributed by atoms with E-state index in [0.717, 1.165) is 31.2 Å². The molecule has 0 spiro atoms. The van der Waals surface area contributed by atoms with E-state index in [1.165, 1.54) is 35.7 Å². The Bertz CT molecular complexity index is 601. The summed E-state index contributed by atoms with van der Waals surface area (Å²) in [7, 11) is 0. The van der Waals surface area contributed by atoms with Gasteiger partial charge in [0.25, 0.3) is 0 Å². The van der Waals surface area contributed by atoms with Crippen LogP contribution in [0.25, 0.3) is 5.69 Å². The molecule has 1 fully saturated rings. The van der Waals surface area contributed by atoms with Gasteiger partial charge in [-0.15, -0.1) is 24.0 Å². The molecule has 0 atom stereocenters. The van der Waals surface area contributed by atoms with Gasteiger partial charge in [0.05, 0.1) is 5.69 Å². The molecule has 1 aromatic heterocycles. The monoisotopic (exact) mass is 419 g/mol. The lowest BCUT2D eigenvalue weighted by molar-refractivity contribution is 0.183. The zero-order valence-electron chi connectivity index (χ0n) is 12.5. The average molecular weight is 419 g/mol. The molecule has 0 N–H and O–H groups in total. The van der Waals surface area contributed by atoms with Crippen molar-refractivity contribution >= 4 is 24.0 Å². The van der Waals surface area contributed by atoms with E-state index in [1.54, 1.807) is 6.20 Å². The minimum absolute atomic E-state index is 0. The highest BCUT2D eigenvalue weighted by Gasteiger charge is 2.17. The van der Waals surface area contributed by atoms with Gasteiger partial charge >= 0.3 is 0 Å². The summed E-state index contributed by atoms with van der Waals surface area (Å²) < 4.78 is 28.8. The van der Waals surface area contributed by atoms with Crippen LogP contribution in [-0.4, -0.2) is 27.8 Å². The van der Waals surface area contributed by atoms with Crippen LogP contribution >= 0.6 is 24.0 Å². The third-order valence-corrected chi connectivity index (χ3v) is 4.07. The smallest absolute Gasteiger partial charge is 0.151 e. The van der Waals surface area contributed by atoms with Crippen LogP contribution in [0.3, 0.4) is 0 Å². The third kappa shape index (κ3) is 3.84. The Labute approximate surface area is 146 Å². The summed E-state index contributed by atoms with van der Waals surface area (Å²) in [5.74, 6) is -0.417. The molecule has 1 aliphatic rings. The fraction of sp³-hybridized carbons (Fsp3) is 0.438. The molecule has 0 saturated carbocycles. The van der Waals surface area contributed by atoms with Gasteiger partial charge in [0.2, 0.25) is 0 Å². The number of aromatic nitrogens is 2. The van der Waals surface area contributed by atoms with E-state index >= 15 is 0 Å². The maximum atomic E-state index is 13.7. The van der Waals surface area contributed by atoms with Gasteiger partial charge in [-0.2, -0.15) is 5.10 Å². The van der Waals surface area contributed by atoms with Gasteiger partial charge in [-0.3, -0.25) is 4.90 Å². The van der Waals surface area contributed by atoms with E-state index in [4.69, 9.17) is 0 Å². The average Bonchev–Trinajstić information content (AvgIpc) is 2.89. The first-order chi connectivity index (χ1) is 10.1. The van der Waals surface area contributed by atoms with E-state index in [9.17, 15) is 8.78 Å². The third-order valence-electron chi connectivity index (χ3n) is 4.07. The van der Waals surface area contributed by atoms with Gasteiger partial charge in [-0.1, -0.05) is 13.0 Å². The van der Waals surface area contributed by atoms with Gasteiger partial charge in [-0.05, 0) is 50.0 Å². The molecule has 1 aromatic carbocycles. The van der Waals surface area contributed by atoms with E-state index < -0.39 is 11.6 Å². The molecular formula is C16H20F2IN3. The number of halogens is 3. The number of benzene rings is 1. The molecule has 0 unspecified atom stereocenters. The Morgan fingerprint density at radius 2 is 1.77 bits per heavy atom. The molecule has 22 heavy (non-hydrogen) atoms. The minimum Gasteiger partial charge on any atom is -0.297 e. The van der Waals surface area contributed by atoms with Gasteiger partial charge in [-0.25, -0.2) is 13.5 Å². The molecule has 2 heterocycles. The molecule has 1 saturated heterocycles. The summed E-state index contributed by atoms with van der Waals surface area (Å²) in [5.41, 5.74) is 0.725. The molecule has 0 aliphatic carbocycles. The van der Waals surface area contributed by atoms with Crippen LogP contribution in [0.4, 0.5) is 8.78 Å². The second kappa shape index (κ2) is 7.50. The number of likely N-dealkylation sites (tertiary alicyclic amines) is 1. The molecule has 0 bridgehead atoms. The highest BCUT2D eigenvalue weighted by Crippen LogP contribution is 2.19. The zero-order chi connectivity index (χ0) is 14.8. The Balaban J connectivity index is 0.00000176. The van der Waals surface area contributed by atoms with Crippen molar-refractivity contribution in [1.29, 1.82) is 0 Å². The van der Waals surface area contributed by atoms with Gasteiger partial charge in [0, 0.05) is 12.7 Å². The number of para-hydroxylation sites is 1. The van der Waals surface area contributed by atoms with Crippen LogP contribution < -0.4 is 0 Å². The SMILES string of the molecule is CC1CCN(Cc2ccn(-c3c(F)cccc3F)n2)CC1.I. The molecule has 3 nitrogen and oxygen atoms in total. The van der Waals surface area contributed by atoms with Crippen molar-refractivity contribution < 1.29 is 8.78 Å². The highest BCUT2D eigenvalue weighted by atomic mass is 127. The van der Waals surface area contributed by atoms with Crippen molar-refractivity contribution in [1.82, 2.24) is 14.7 Å². The fourth-order valence-electron chi connectivity index (χ4n) is 2.73. The second-order valence-electron chi connectivity index (χ2n) is 5.78. The number of piperidine rings is 1. The summed E-state index contributed by atoms with van der Waals surface area (Å²) in [6.45, 7) is 5.12. The standard InChI is InChI=1S/C16H19F2N3.HI/c1-12-5-8-20(9-6-12)11-13-7-10-21(19-13)16-14(17)3-2-4-15(16)18;/h2-4,7,10,12H,5-6,8-9,11H2,1H3;1H. The molecular weight excluding hydrogens is 399 g/mol. The van der Waals surface area contributed by atoms with Crippen molar-refractivity contribution in [3.8, 4) is 5.69 Å². The van der Waals surface area contributed by atoms with E-state index in [2.05, 4.69) is 16.9 Å². The molecule has 120 valence electrons. The summed E-state index contributed by atoms with van der Waals surface area (Å²) in [4.78, 5) is 2.34. The van der Waals surface area contributed by atoms with E-state index in [1.807, 2.05) is 6.07 Å². The topological polar surface area (TPSA) is 21.1 Å². The predicted octanol–water partition coefficient (Wildman–Crippen LogP) is 4.00. The number of rotatable bonds is 3. The number of hydrogen-bond acceptors (Lipinski definition) is 2. The molecule has 3 rings (SSSR count). The summed E-state index contributed by atoms with van der Waals surface area (Å²) in [6.07, 6.45) is 4.01. The van der Waals surface area contributed by atoms with Crippen LogP contribution in [-0.2, 0) is 6.54 Å². The van der Waals surface area contributed by atoms with Crippen LogP contribution in [0.5, 0.6) is 0 Å². The van der Waals surface area contributed by atoms with Crippen LogP contribution in [0.15, 0.2) is 30.5 Å². The predicted molar refractivity (Wildman–Crippen MR) is 92.6 cm³/mol. The Hall–Kier alpha value is -1.02. The van der Waals surface area contributed by atoms with E-state index in [-0.39, 0.29) is 29.7 Å². The second-order valence-corrected chi connectivity index (χ2v) is 5.78.